The highest BCUT2D eigenvalue weighted by Gasteiger charge is 2.18. The molecule has 0 saturated carbocycles. The first kappa shape index (κ1) is 15.2. The van der Waals surface area contributed by atoms with E-state index in [0.29, 0.717) is 12.1 Å². The fraction of sp³-hybridized carbons (Fsp3) is 0.429. The lowest BCUT2D eigenvalue weighted by Gasteiger charge is -2.23. The molecule has 104 valence electrons. The lowest BCUT2D eigenvalue weighted by Crippen LogP contribution is -2.37. The van der Waals surface area contributed by atoms with Gasteiger partial charge in [0, 0.05) is 24.7 Å². The molecule has 0 aliphatic heterocycles. The average molecular weight is 264 g/mol. The third-order valence-corrected chi connectivity index (χ3v) is 2.88. The highest BCUT2D eigenvalue weighted by Crippen LogP contribution is 2.15. The van der Waals surface area contributed by atoms with E-state index >= 15 is 0 Å². The number of carboxylic acid groups (broad SMARTS) is 1. The summed E-state index contributed by atoms with van der Waals surface area (Å²) >= 11 is 0. The molecule has 1 aromatic carbocycles. The van der Waals surface area contributed by atoms with Gasteiger partial charge in [0.25, 0.3) is 0 Å². The molecule has 1 atom stereocenters. The summed E-state index contributed by atoms with van der Waals surface area (Å²) in [7, 11) is 0. The van der Waals surface area contributed by atoms with Crippen molar-refractivity contribution in [3.05, 3.63) is 30.3 Å². The Hall–Kier alpha value is -1.88. The summed E-state index contributed by atoms with van der Waals surface area (Å²) in [4.78, 5) is 24.3. The first-order valence-corrected chi connectivity index (χ1v) is 6.37. The largest absolute Gasteiger partial charge is 0.481 e. The first-order chi connectivity index (χ1) is 9.04. The smallest absolute Gasteiger partial charge is 0.305 e. The van der Waals surface area contributed by atoms with Gasteiger partial charge in [0.15, 0.2) is 0 Å². The quantitative estimate of drug-likeness (QED) is 0.784. The van der Waals surface area contributed by atoms with Crippen molar-refractivity contribution in [2.24, 2.45) is 5.73 Å². The van der Waals surface area contributed by atoms with Crippen LogP contribution < -0.4 is 10.6 Å². The number of hydrogen-bond donors (Lipinski definition) is 2. The number of anilines is 1. The zero-order valence-electron chi connectivity index (χ0n) is 11.1. The molecule has 0 spiro atoms. The van der Waals surface area contributed by atoms with Crippen LogP contribution in [0.1, 0.15) is 26.2 Å². The molecule has 0 saturated heterocycles. The minimum atomic E-state index is -0.923. The molecule has 1 rings (SSSR count). The molecule has 0 aliphatic carbocycles. The van der Waals surface area contributed by atoms with E-state index < -0.39 is 5.97 Å². The van der Waals surface area contributed by atoms with E-state index in [2.05, 4.69) is 0 Å². The molecule has 3 N–H and O–H groups in total. The van der Waals surface area contributed by atoms with Crippen molar-refractivity contribution >= 4 is 17.6 Å². The van der Waals surface area contributed by atoms with Crippen molar-refractivity contribution in [3.63, 3.8) is 0 Å². The highest BCUT2D eigenvalue weighted by atomic mass is 16.4. The van der Waals surface area contributed by atoms with E-state index in [-0.39, 0.29) is 31.3 Å². The van der Waals surface area contributed by atoms with Crippen molar-refractivity contribution in [2.45, 2.75) is 32.2 Å². The number of amides is 1. The summed E-state index contributed by atoms with van der Waals surface area (Å²) < 4.78 is 0. The zero-order valence-corrected chi connectivity index (χ0v) is 11.1. The molecule has 0 aromatic heterocycles. The van der Waals surface area contributed by atoms with Crippen LogP contribution in [0.2, 0.25) is 0 Å². The normalized spacial score (nSPS) is 11.9. The van der Waals surface area contributed by atoms with E-state index in [1.807, 2.05) is 25.1 Å². The minimum absolute atomic E-state index is 0.0814. The van der Waals surface area contributed by atoms with Crippen LogP contribution >= 0.6 is 0 Å². The predicted octanol–water partition coefficient (Wildman–Crippen LogP) is 1.62. The fourth-order valence-corrected chi connectivity index (χ4v) is 1.69. The molecule has 0 heterocycles. The monoisotopic (exact) mass is 264 g/mol. The van der Waals surface area contributed by atoms with E-state index in [1.165, 1.54) is 4.90 Å². The first-order valence-electron chi connectivity index (χ1n) is 6.37. The van der Waals surface area contributed by atoms with Gasteiger partial charge in [0.05, 0.1) is 6.42 Å². The number of hydrogen-bond acceptors (Lipinski definition) is 3. The van der Waals surface area contributed by atoms with Crippen LogP contribution in [0.4, 0.5) is 5.69 Å². The Morgan fingerprint density at radius 2 is 1.95 bits per heavy atom. The van der Waals surface area contributed by atoms with Gasteiger partial charge in [0.1, 0.15) is 0 Å². The second-order valence-electron chi connectivity index (χ2n) is 4.40. The summed E-state index contributed by atoms with van der Waals surface area (Å²) in [5, 5.41) is 8.76. The number of rotatable bonds is 7. The summed E-state index contributed by atoms with van der Waals surface area (Å²) in [6, 6.07) is 8.87. The third kappa shape index (κ3) is 5.09. The predicted molar refractivity (Wildman–Crippen MR) is 73.9 cm³/mol. The van der Waals surface area contributed by atoms with Gasteiger partial charge in [0.2, 0.25) is 5.91 Å². The van der Waals surface area contributed by atoms with Crippen molar-refractivity contribution in [3.8, 4) is 0 Å². The van der Waals surface area contributed by atoms with E-state index in [0.717, 1.165) is 0 Å². The lowest BCUT2D eigenvalue weighted by atomic mass is 10.1. The maximum absolute atomic E-state index is 12.2. The molecule has 0 radical (unpaired) electrons. The number of benzene rings is 1. The number of nitrogens with zero attached hydrogens (tertiary/aromatic N) is 1. The summed E-state index contributed by atoms with van der Waals surface area (Å²) in [5.41, 5.74) is 6.49. The molecular weight excluding hydrogens is 244 g/mol. The van der Waals surface area contributed by atoms with E-state index in [9.17, 15) is 9.59 Å². The second-order valence-corrected chi connectivity index (χ2v) is 4.40. The van der Waals surface area contributed by atoms with Crippen molar-refractivity contribution in [2.75, 3.05) is 11.4 Å². The Morgan fingerprint density at radius 3 is 2.47 bits per heavy atom. The Morgan fingerprint density at radius 1 is 1.32 bits per heavy atom. The average Bonchev–Trinajstić information content (AvgIpc) is 2.39. The SMILES string of the molecule is CCC(N)CC(=O)N(CCC(=O)O)c1ccccc1. The number of aliphatic carboxylic acids is 1. The van der Waals surface area contributed by atoms with Crippen LogP contribution in [-0.2, 0) is 9.59 Å². The number of nitrogens with two attached hydrogens (primary N) is 1. The minimum Gasteiger partial charge on any atom is -0.481 e. The van der Waals surface area contributed by atoms with E-state index in [1.54, 1.807) is 12.1 Å². The maximum atomic E-state index is 12.2. The molecule has 0 fully saturated rings. The number of carboxylic acids is 1. The summed E-state index contributed by atoms with van der Waals surface area (Å²) in [6.45, 7) is 2.08. The van der Waals surface area contributed by atoms with Crippen molar-refractivity contribution < 1.29 is 14.7 Å². The van der Waals surface area contributed by atoms with Gasteiger partial charge in [-0.25, -0.2) is 0 Å². The van der Waals surface area contributed by atoms with Gasteiger partial charge >= 0.3 is 5.97 Å². The number of carbonyl (C=O) groups is 2. The van der Waals surface area contributed by atoms with Gasteiger partial charge in [-0.2, -0.15) is 0 Å². The van der Waals surface area contributed by atoms with Crippen LogP contribution in [0.5, 0.6) is 0 Å². The van der Waals surface area contributed by atoms with Gasteiger partial charge in [-0.3, -0.25) is 9.59 Å². The van der Waals surface area contributed by atoms with Crippen LogP contribution in [0.15, 0.2) is 30.3 Å². The molecule has 0 aliphatic rings. The summed E-state index contributed by atoms with van der Waals surface area (Å²) in [5.74, 6) is -1.06. The molecular formula is C14H20N2O3. The standard InChI is InChI=1S/C14H20N2O3/c1-2-11(15)10-13(17)16(9-8-14(18)19)12-6-4-3-5-7-12/h3-7,11H,2,8-10,15H2,1H3,(H,18,19). The zero-order chi connectivity index (χ0) is 14.3. The van der Waals surface area contributed by atoms with Crippen LogP contribution in [-0.4, -0.2) is 29.6 Å². The summed E-state index contributed by atoms with van der Waals surface area (Å²) in [6.07, 6.45) is 0.861. The second kappa shape index (κ2) is 7.53. The highest BCUT2D eigenvalue weighted by molar-refractivity contribution is 5.94. The number of para-hydroxylation sites is 1. The van der Waals surface area contributed by atoms with Crippen molar-refractivity contribution in [1.82, 2.24) is 0 Å². The van der Waals surface area contributed by atoms with Crippen LogP contribution in [0.25, 0.3) is 0 Å². The lowest BCUT2D eigenvalue weighted by molar-refractivity contribution is -0.136. The Bertz CT molecular complexity index is 420. The van der Waals surface area contributed by atoms with Gasteiger partial charge in [-0.1, -0.05) is 25.1 Å². The fourth-order valence-electron chi connectivity index (χ4n) is 1.69. The molecule has 0 bridgehead atoms. The molecule has 19 heavy (non-hydrogen) atoms. The molecule has 1 unspecified atom stereocenters. The van der Waals surface area contributed by atoms with Gasteiger partial charge < -0.3 is 15.7 Å². The molecule has 1 aromatic rings. The van der Waals surface area contributed by atoms with Gasteiger partial charge in [-0.15, -0.1) is 0 Å². The Kier molecular flexibility index (Phi) is 6.02. The third-order valence-electron chi connectivity index (χ3n) is 2.88. The van der Waals surface area contributed by atoms with Crippen LogP contribution in [0, 0.1) is 0 Å². The molecule has 5 nitrogen and oxygen atoms in total. The topological polar surface area (TPSA) is 83.6 Å². The molecule has 5 heteroatoms. The Balaban J connectivity index is 2.80. The molecule has 1 amide bonds. The Labute approximate surface area is 113 Å². The van der Waals surface area contributed by atoms with E-state index in [4.69, 9.17) is 10.8 Å². The maximum Gasteiger partial charge on any atom is 0.305 e. The van der Waals surface area contributed by atoms with Gasteiger partial charge in [-0.05, 0) is 18.6 Å². The number of carbonyl (C=O) groups excluding carboxylic acids is 1. The van der Waals surface area contributed by atoms with Crippen LogP contribution in [0.3, 0.4) is 0 Å². The van der Waals surface area contributed by atoms with Crippen molar-refractivity contribution in [1.29, 1.82) is 0 Å².